The molecule has 0 aliphatic heterocycles. The van der Waals surface area contributed by atoms with E-state index in [4.69, 9.17) is 5.26 Å². The summed E-state index contributed by atoms with van der Waals surface area (Å²) in [6.07, 6.45) is 0. The van der Waals surface area contributed by atoms with E-state index < -0.39 is 0 Å². The van der Waals surface area contributed by atoms with E-state index >= 15 is 0 Å². The van der Waals surface area contributed by atoms with Crippen molar-refractivity contribution >= 4 is 21.6 Å². The van der Waals surface area contributed by atoms with Gasteiger partial charge in [0.1, 0.15) is 5.82 Å². The molecule has 0 unspecified atom stereocenters. The van der Waals surface area contributed by atoms with E-state index in [1.807, 2.05) is 31.2 Å². The number of hydrogen-bond acceptors (Lipinski definition) is 2. The smallest absolute Gasteiger partial charge is 0.124 e. The van der Waals surface area contributed by atoms with Crippen molar-refractivity contribution in [3.05, 3.63) is 63.4 Å². The van der Waals surface area contributed by atoms with Crippen LogP contribution in [0, 0.1) is 24.1 Å². The van der Waals surface area contributed by atoms with Crippen LogP contribution in [0.3, 0.4) is 0 Å². The van der Waals surface area contributed by atoms with Crippen LogP contribution >= 0.6 is 15.9 Å². The summed E-state index contributed by atoms with van der Waals surface area (Å²) in [6, 6.07) is 12.2. The molecule has 0 radical (unpaired) electrons. The summed E-state index contributed by atoms with van der Waals surface area (Å²) < 4.78 is 14.3. The number of nitrogens with one attached hydrogen (secondary N) is 1. The van der Waals surface area contributed by atoms with Crippen molar-refractivity contribution in [1.29, 1.82) is 5.26 Å². The predicted molar refractivity (Wildman–Crippen MR) is 77.3 cm³/mol. The molecular formula is C15H12BrFN2. The maximum absolute atomic E-state index is 13.3. The van der Waals surface area contributed by atoms with Crippen LogP contribution in [0.2, 0.25) is 0 Å². The maximum Gasteiger partial charge on any atom is 0.124 e. The van der Waals surface area contributed by atoms with Gasteiger partial charge in [-0.2, -0.15) is 5.26 Å². The zero-order valence-corrected chi connectivity index (χ0v) is 12.0. The Morgan fingerprint density at radius 1 is 1.26 bits per heavy atom. The van der Waals surface area contributed by atoms with E-state index in [0.29, 0.717) is 12.1 Å². The third-order valence-corrected chi connectivity index (χ3v) is 3.26. The normalized spacial score (nSPS) is 10.0. The second-order valence-corrected chi connectivity index (χ2v) is 5.19. The molecule has 2 aromatic rings. The van der Waals surface area contributed by atoms with Crippen molar-refractivity contribution in [2.45, 2.75) is 13.5 Å². The average molecular weight is 319 g/mol. The van der Waals surface area contributed by atoms with E-state index in [-0.39, 0.29) is 5.82 Å². The van der Waals surface area contributed by atoms with Crippen LogP contribution in [0.15, 0.2) is 40.9 Å². The number of benzene rings is 2. The molecule has 0 aliphatic rings. The second-order valence-electron chi connectivity index (χ2n) is 4.27. The molecule has 96 valence electrons. The largest absolute Gasteiger partial charge is 0.381 e. The minimum atomic E-state index is -0.387. The van der Waals surface area contributed by atoms with Crippen molar-refractivity contribution in [3.8, 4) is 6.07 Å². The molecule has 0 atom stereocenters. The minimum Gasteiger partial charge on any atom is -0.381 e. The van der Waals surface area contributed by atoms with Gasteiger partial charge < -0.3 is 5.32 Å². The van der Waals surface area contributed by atoms with Crippen molar-refractivity contribution in [1.82, 2.24) is 0 Å². The fourth-order valence-electron chi connectivity index (χ4n) is 1.80. The van der Waals surface area contributed by atoms with Gasteiger partial charge in [0.15, 0.2) is 0 Å². The lowest BCUT2D eigenvalue weighted by atomic mass is 10.1. The van der Waals surface area contributed by atoms with Gasteiger partial charge in [-0.3, -0.25) is 0 Å². The number of nitrogens with zero attached hydrogens (tertiary/aromatic N) is 1. The van der Waals surface area contributed by atoms with Crippen LogP contribution in [-0.2, 0) is 6.54 Å². The summed E-state index contributed by atoms with van der Waals surface area (Å²) in [5, 5.41) is 12.1. The Morgan fingerprint density at radius 2 is 2.05 bits per heavy atom. The molecule has 0 heterocycles. The first-order valence-electron chi connectivity index (χ1n) is 5.78. The minimum absolute atomic E-state index is 0.336. The summed E-state index contributed by atoms with van der Waals surface area (Å²) in [4.78, 5) is 0. The lowest BCUT2D eigenvalue weighted by Crippen LogP contribution is -2.02. The number of anilines is 1. The average Bonchev–Trinajstić information content (AvgIpc) is 2.39. The van der Waals surface area contributed by atoms with Gasteiger partial charge in [0, 0.05) is 16.7 Å². The fraction of sp³-hybridized carbons (Fsp3) is 0.133. The quantitative estimate of drug-likeness (QED) is 0.911. The number of nitriles is 1. The summed E-state index contributed by atoms with van der Waals surface area (Å²) in [5.41, 5.74) is 3.18. The molecule has 2 nitrogen and oxygen atoms in total. The Morgan fingerprint density at radius 3 is 2.79 bits per heavy atom. The van der Waals surface area contributed by atoms with Gasteiger partial charge in [0.25, 0.3) is 0 Å². The molecule has 2 aromatic carbocycles. The van der Waals surface area contributed by atoms with Gasteiger partial charge in [-0.1, -0.05) is 22.0 Å². The second kappa shape index (κ2) is 5.85. The van der Waals surface area contributed by atoms with Gasteiger partial charge in [-0.25, -0.2) is 4.39 Å². The topological polar surface area (TPSA) is 35.8 Å². The standard InChI is InChI=1S/C15H12BrFN2/c1-10-2-3-13(16)7-15(10)19-9-12-4-11(8-18)5-14(17)6-12/h2-7,19H,9H2,1H3. The third-order valence-electron chi connectivity index (χ3n) is 2.77. The van der Waals surface area contributed by atoms with E-state index in [1.165, 1.54) is 12.1 Å². The van der Waals surface area contributed by atoms with Crippen molar-refractivity contribution in [2.75, 3.05) is 5.32 Å². The lowest BCUT2D eigenvalue weighted by molar-refractivity contribution is 0.625. The summed E-state index contributed by atoms with van der Waals surface area (Å²) in [5.74, 6) is -0.387. The number of rotatable bonds is 3. The van der Waals surface area contributed by atoms with Crippen LogP contribution in [0.4, 0.5) is 10.1 Å². The molecule has 0 saturated carbocycles. The Balaban J connectivity index is 2.17. The Kier molecular flexibility index (Phi) is 4.18. The van der Waals surface area contributed by atoms with E-state index in [2.05, 4.69) is 21.2 Å². The molecule has 1 N–H and O–H groups in total. The fourth-order valence-corrected chi connectivity index (χ4v) is 2.16. The van der Waals surface area contributed by atoms with Crippen LogP contribution in [0.1, 0.15) is 16.7 Å². The Bertz CT molecular complexity index is 647. The monoisotopic (exact) mass is 318 g/mol. The first-order valence-corrected chi connectivity index (χ1v) is 6.57. The maximum atomic E-state index is 13.3. The molecule has 0 amide bonds. The summed E-state index contributed by atoms with van der Waals surface area (Å²) >= 11 is 3.41. The van der Waals surface area contributed by atoms with E-state index in [1.54, 1.807) is 6.07 Å². The summed E-state index contributed by atoms with van der Waals surface area (Å²) in [7, 11) is 0. The summed E-state index contributed by atoms with van der Waals surface area (Å²) in [6.45, 7) is 2.48. The molecule has 0 aromatic heterocycles. The highest BCUT2D eigenvalue weighted by Gasteiger charge is 2.02. The first kappa shape index (κ1) is 13.6. The molecule has 0 fully saturated rings. The predicted octanol–water partition coefficient (Wildman–Crippen LogP) is 4.38. The van der Waals surface area contributed by atoms with Gasteiger partial charge in [-0.05, 0) is 48.4 Å². The van der Waals surface area contributed by atoms with Crippen LogP contribution in [0.5, 0.6) is 0 Å². The number of aryl methyl sites for hydroxylation is 1. The van der Waals surface area contributed by atoms with Crippen LogP contribution in [0.25, 0.3) is 0 Å². The highest BCUT2D eigenvalue weighted by molar-refractivity contribution is 9.10. The van der Waals surface area contributed by atoms with Crippen molar-refractivity contribution in [3.63, 3.8) is 0 Å². The first-order chi connectivity index (χ1) is 9.08. The molecule has 0 saturated heterocycles. The van der Waals surface area contributed by atoms with E-state index in [9.17, 15) is 4.39 Å². The van der Waals surface area contributed by atoms with Gasteiger partial charge in [0.05, 0.1) is 11.6 Å². The SMILES string of the molecule is Cc1ccc(Br)cc1NCc1cc(F)cc(C#N)c1. The van der Waals surface area contributed by atoms with Crippen LogP contribution in [-0.4, -0.2) is 0 Å². The highest BCUT2D eigenvalue weighted by atomic mass is 79.9. The lowest BCUT2D eigenvalue weighted by Gasteiger charge is -2.10. The molecule has 19 heavy (non-hydrogen) atoms. The number of hydrogen-bond donors (Lipinski definition) is 1. The van der Waals surface area contributed by atoms with E-state index in [0.717, 1.165) is 21.3 Å². The third kappa shape index (κ3) is 3.55. The zero-order chi connectivity index (χ0) is 13.8. The highest BCUT2D eigenvalue weighted by Crippen LogP contribution is 2.21. The Hall–Kier alpha value is -1.86. The number of halogens is 2. The Labute approximate surface area is 120 Å². The zero-order valence-electron chi connectivity index (χ0n) is 10.4. The molecule has 0 bridgehead atoms. The van der Waals surface area contributed by atoms with Gasteiger partial charge in [-0.15, -0.1) is 0 Å². The molecule has 0 spiro atoms. The molecule has 0 aliphatic carbocycles. The molecule has 4 heteroatoms. The van der Waals surface area contributed by atoms with Gasteiger partial charge >= 0.3 is 0 Å². The molecular weight excluding hydrogens is 307 g/mol. The van der Waals surface area contributed by atoms with Crippen molar-refractivity contribution in [2.24, 2.45) is 0 Å². The van der Waals surface area contributed by atoms with Crippen molar-refractivity contribution < 1.29 is 4.39 Å². The molecule has 2 rings (SSSR count). The van der Waals surface area contributed by atoms with Gasteiger partial charge in [0.2, 0.25) is 0 Å². The van der Waals surface area contributed by atoms with Crippen LogP contribution < -0.4 is 5.32 Å².